The van der Waals surface area contributed by atoms with Crippen molar-refractivity contribution in [2.24, 2.45) is 22.7 Å². The van der Waals surface area contributed by atoms with Gasteiger partial charge in [-0.05, 0) is 49.5 Å². The maximum atomic E-state index is 12.8. The van der Waals surface area contributed by atoms with Gasteiger partial charge in [0, 0.05) is 25.8 Å². The van der Waals surface area contributed by atoms with Gasteiger partial charge in [0.25, 0.3) is 0 Å². The lowest BCUT2D eigenvalue weighted by Crippen LogP contribution is -2.56. The van der Waals surface area contributed by atoms with Gasteiger partial charge in [-0.2, -0.15) is 0 Å². The summed E-state index contributed by atoms with van der Waals surface area (Å²) in [5.74, 6) is -0.749. The van der Waals surface area contributed by atoms with E-state index in [4.69, 9.17) is 14.2 Å². The molecule has 0 unspecified atom stereocenters. The lowest BCUT2D eigenvalue weighted by Gasteiger charge is -2.57. The van der Waals surface area contributed by atoms with Gasteiger partial charge in [-0.3, -0.25) is 19.1 Å². The Morgan fingerprint density at radius 2 is 1.93 bits per heavy atom. The van der Waals surface area contributed by atoms with Gasteiger partial charge >= 0.3 is 11.9 Å². The van der Waals surface area contributed by atoms with E-state index in [0.29, 0.717) is 24.3 Å². The van der Waals surface area contributed by atoms with Crippen LogP contribution >= 0.6 is 0 Å². The fourth-order valence-corrected chi connectivity index (χ4v) is 5.57. The van der Waals surface area contributed by atoms with E-state index in [-0.39, 0.29) is 17.1 Å². The second kappa shape index (κ2) is 8.14. The van der Waals surface area contributed by atoms with E-state index in [0.717, 1.165) is 18.4 Å². The number of hydrogen-bond donors (Lipinski definition) is 0. The van der Waals surface area contributed by atoms with E-state index in [1.807, 2.05) is 13.0 Å². The number of hydrogen-bond acceptors (Lipinski definition) is 6. The van der Waals surface area contributed by atoms with Crippen molar-refractivity contribution in [1.82, 2.24) is 0 Å². The van der Waals surface area contributed by atoms with Crippen LogP contribution in [0.5, 0.6) is 0 Å². The van der Waals surface area contributed by atoms with E-state index in [1.54, 1.807) is 6.08 Å². The van der Waals surface area contributed by atoms with E-state index in [1.165, 1.54) is 13.8 Å². The van der Waals surface area contributed by atoms with Crippen molar-refractivity contribution < 1.29 is 28.6 Å². The molecule has 164 valence electrons. The fraction of sp³-hybridized carbons (Fsp3) is 0.625. The Bertz CT molecular complexity index is 824. The summed E-state index contributed by atoms with van der Waals surface area (Å²) in [6, 6.07) is 0. The summed E-state index contributed by atoms with van der Waals surface area (Å²) < 4.78 is 17.0. The molecule has 0 aromatic heterocycles. The molecular weight excluding hydrogens is 384 g/mol. The third-order valence-electron chi connectivity index (χ3n) is 7.45. The molecule has 6 atom stereocenters. The summed E-state index contributed by atoms with van der Waals surface area (Å²) in [7, 11) is 0. The molecule has 0 bridgehead atoms. The van der Waals surface area contributed by atoms with Gasteiger partial charge in [0.05, 0.1) is 5.41 Å². The summed E-state index contributed by atoms with van der Waals surface area (Å²) in [4.78, 5) is 36.4. The molecule has 1 saturated carbocycles. The zero-order valence-corrected chi connectivity index (χ0v) is 18.5. The van der Waals surface area contributed by atoms with Crippen LogP contribution in [0.1, 0.15) is 60.3 Å². The fourth-order valence-electron chi connectivity index (χ4n) is 5.57. The Balaban J connectivity index is 2.13. The standard InChI is InChI=1S/C24H32O6/c1-7-14(2)8-10-23(6)15(3)9-11-24-19(12-18(27)13-20(23)24)21(28-16(4)25)30-22(24)29-17(5)26/h7-8,12,15,20-22H,1,9-11,13H2,2-6H3/b14-8+/t15-,20+,21+,22-,23-,24-/m1/s1. The maximum absolute atomic E-state index is 12.8. The molecular formula is C24H32O6. The van der Waals surface area contributed by atoms with Crippen LogP contribution in [0.3, 0.4) is 0 Å². The Morgan fingerprint density at radius 3 is 2.53 bits per heavy atom. The molecule has 6 nitrogen and oxygen atoms in total. The third-order valence-corrected chi connectivity index (χ3v) is 7.45. The minimum atomic E-state index is -1.01. The lowest BCUT2D eigenvalue weighted by molar-refractivity contribution is -0.233. The van der Waals surface area contributed by atoms with E-state index < -0.39 is 29.9 Å². The van der Waals surface area contributed by atoms with Crippen molar-refractivity contribution in [3.05, 3.63) is 36.0 Å². The van der Waals surface area contributed by atoms with Crippen molar-refractivity contribution in [1.29, 1.82) is 0 Å². The molecule has 0 aromatic rings. The summed E-state index contributed by atoms with van der Waals surface area (Å²) in [6.45, 7) is 12.9. The van der Waals surface area contributed by atoms with Gasteiger partial charge in [-0.15, -0.1) is 0 Å². The van der Waals surface area contributed by atoms with Crippen LogP contribution in [-0.2, 0) is 28.6 Å². The quantitative estimate of drug-likeness (QED) is 0.492. The van der Waals surface area contributed by atoms with Gasteiger partial charge in [-0.1, -0.05) is 38.2 Å². The van der Waals surface area contributed by atoms with Crippen molar-refractivity contribution >= 4 is 17.7 Å². The third kappa shape index (κ3) is 3.66. The van der Waals surface area contributed by atoms with Crippen LogP contribution in [0, 0.1) is 22.7 Å². The second-order valence-corrected chi connectivity index (χ2v) is 9.18. The Hall–Kier alpha value is -2.21. The molecule has 0 radical (unpaired) electrons. The zero-order valence-electron chi connectivity index (χ0n) is 18.5. The van der Waals surface area contributed by atoms with Crippen molar-refractivity contribution in [2.45, 2.75) is 72.9 Å². The molecule has 0 amide bonds. The normalized spacial score (nSPS) is 38.2. The van der Waals surface area contributed by atoms with E-state index in [9.17, 15) is 14.4 Å². The number of carbonyl (C=O) groups is 3. The van der Waals surface area contributed by atoms with E-state index in [2.05, 4.69) is 26.5 Å². The van der Waals surface area contributed by atoms with E-state index >= 15 is 0 Å². The average molecular weight is 417 g/mol. The molecule has 30 heavy (non-hydrogen) atoms. The van der Waals surface area contributed by atoms with Crippen LogP contribution in [0.4, 0.5) is 0 Å². The Morgan fingerprint density at radius 1 is 1.27 bits per heavy atom. The highest BCUT2D eigenvalue weighted by Crippen LogP contribution is 2.66. The Labute approximate surface area is 178 Å². The van der Waals surface area contributed by atoms with Crippen molar-refractivity contribution in [3.8, 4) is 0 Å². The minimum absolute atomic E-state index is 0.0143. The van der Waals surface area contributed by atoms with Crippen LogP contribution in [0.25, 0.3) is 0 Å². The van der Waals surface area contributed by atoms with Gasteiger partial charge in [0.2, 0.25) is 12.6 Å². The van der Waals surface area contributed by atoms with Crippen LogP contribution in [0.2, 0.25) is 0 Å². The molecule has 0 aromatic carbocycles. The molecule has 3 aliphatic rings. The maximum Gasteiger partial charge on any atom is 0.305 e. The van der Waals surface area contributed by atoms with Gasteiger partial charge in [0.15, 0.2) is 5.78 Å². The molecule has 6 heteroatoms. The molecule has 1 spiro atoms. The number of ketones is 1. The first-order valence-corrected chi connectivity index (χ1v) is 10.6. The first-order valence-electron chi connectivity index (χ1n) is 10.6. The van der Waals surface area contributed by atoms with Gasteiger partial charge in [0.1, 0.15) is 0 Å². The highest BCUT2D eigenvalue weighted by atomic mass is 16.8. The summed E-state index contributed by atoms with van der Waals surface area (Å²) in [5, 5.41) is 0. The average Bonchev–Trinajstić information content (AvgIpc) is 2.94. The predicted molar refractivity (Wildman–Crippen MR) is 111 cm³/mol. The SMILES string of the molecule is C=C/C(C)=C/C[C@]1(C)[C@H](C)CC[C@@]23C(=CC(=O)C[C@@H]12)[C@@H](OC(C)=O)O[C@H]3OC(C)=O. The van der Waals surface area contributed by atoms with Crippen LogP contribution in [0.15, 0.2) is 36.0 Å². The molecule has 1 heterocycles. The predicted octanol–water partition coefficient (Wildman–Crippen LogP) is 4.26. The first-order chi connectivity index (χ1) is 14.0. The molecule has 0 N–H and O–H groups in total. The summed E-state index contributed by atoms with van der Waals surface area (Å²) in [6.07, 6.45) is 6.33. The summed E-state index contributed by atoms with van der Waals surface area (Å²) in [5.41, 5.74) is 0.798. The topological polar surface area (TPSA) is 78.9 Å². The molecule has 3 rings (SSSR count). The Kier molecular flexibility index (Phi) is 6.10. The largest absolute Gasteiger partial charge is 0.435 e. The zero-order chi connectivity index (χ0) is 22.3. The van der Waals surface area contributed by atoms with Crippen LogP contribution < -0.4 is 0 Å². The minimum Gasteiger partial charge on any atom is -0.435 e. The number of esters is 2. The molecule has 2 fully saturated rings. The highest BCUT2D eigenvalue weighted by molar-refractivity contribution is 5.92. The number of rotatable bonds is 5. The second-order valence-electron chi connectivity index (χ2n) is 9.18. The number of allylic oxidation sites excluding steroid dienone is 4. The molecule has 1 saturated heterocycles. The molecule has 1 aliphatic heterocycles. The highest BCUT2D eigenvalue weighted by Gasteiger charge is 2.67. The summed E-state index contributed by atoms with van der Waals surface area (Å²) >= 11 is 0. The van der Waals surface area contributed by atoms with Crippen molar-refractivity contribution in [2.75, 3.05) is 0 Å². The smallest absolute Gasteiger partial charge is 0.305 e. The molecule has 2 aliphatic carbocycles. The van der Waals surface area contributed by atoms with Crippen LogP contribution in [-0.4, -0.2) is 30.3 Å². The van der Waals surface area contributed by atoms with Gasteiger partial charge < -0.3 is 9.47 Å². The van der Waals surface area contributed by atoms with Gasteiger partial charge in [-0.25, -0.2) is 0 Å². The number of carbonyl (C=O) groups excluding carboxylic acids is 3. The number of ether oxygens (including phenoxy) is 3. The lowest BCUT2D eigenvalue weighted by atomic mass is 9.46. The van der Waals surface area contributed by atoms with Crippen molar-refractivity contribution in [3.63, 3.8) is 0 Å². The monoisotopic (exact) mass is 416 g/mol. The first kappa shape index (κ1) is 22.5.